The van der Waals surface area contributed by atoms with Gasteiger partial charge in [-0.2, -0.15) is 16.4 Å². The Bertz CT molecular complexity index is 709. The molecule has 1 fully saturated rings. The van der Waals surface area contributed by atoms with Crippen LogP contribution in [-0.4, -0.2) is 53.4 Å². The molecular formula is C19H26N4O2S. The third-order valence-corrected chi connectivity index (χ3v) is 6.01. The Labute approximate surface area is 158 Å². The zero-order valence-electron chi connectivity index (χ0n) is 15.0. The minimum atomic E-state index is 0.0205. The van der Waals surface area contributed by atoms with E-state index >= 15 is 0 Å². The lowest BCUT2D eigenvalue weighted by atomic mass is 9.99. The monoisotopic (exact) mass is 374 g/mol. The van der Waals surface area contributed by atoms with Gasteiger partial charge in [0.15, 0.2) is 0 Å². The number of nitrogens with zero attached hydrogens (tertiary/aromatic N) is 3. The molecule has 1 saturated heterocycles. The van der Waals surface area contributed by atoms with E-state index in [-0.39, 0.29) is 5.91 Å². The lowest BCUT2D eigenvalue weighted by Gasteiger charge is -2.30. The summed E-state index contributed by atoms with van der Waals surface area (Å²) in [6, 6.07) is 3.99. The van der Waals surface area contributed by atoms with Crippen LogP contribution in [0.3, 0.4) is 0 Å². The smallest absolute Gasteiger partial charge is 0.252 e. The van der Waals surface area contributed by atoms with Crippen LogP contribution < -0.4 is 5.32 Å². The third kappa shape index (κ3) is 4.34. The third-order valence-electron chi connectivity index (χ3n) is 5.33. The second-order valence-electron chi connectivity index (χ2n) is 7.34. The topological polar surface area (TPSA) is 59.4 Å². The molecule has 1 atom stereocenters. The maximum Gasteiger partial charge on any atom is 0.252 e. The summed E-state index contributed by atoms with van der Waals surface area (Å²) in [5.74, 6) is 1.09. The molecule has 0 bridgehead atoms. The van der Waals surface area contributed by atoms with Crippen LogP contribution >= 0.6 is 11.3 Å². The van der Waals surface area contributed by atoms with Crippen molar-refractivity contribution in [2.24, 2.45) is 11.8 Å². The highest BCUT2D eigenvalue weighted by Gasteiger charge is 2.25. The highest BCUT2D eigenvalue weighted by Crippen LogP contribution is 2.21. The average Bonchev–Trinajstić information content (AvgIpc) is 3.30. The van der Waals surface area contributed by atoms with E-state index in [1.54, 1.807) is 11.3 Å². The van der Waals surface area contributed by atoms with Gasteiger partial charge in [0, 0.05) is 69.0 Å². The SMILES string of the molecule is O=C(NC[C@@H]1CN(CC2CCOCC2)Cc2ccnn2C1)c1ccsc1. The number of nitrogens with one attached hydrogen (secondary N) is 1. The number of hydrogen-bond donors (Lipinski definition) is 1. The Morgan fingerprint density at radius 3 is 2.96 bits per heavy atom. The number of fused-ring (bicyclic) bond motifs is 1. The molecule has 7 heteroatoms. The lowest BCUT2D eigenvalue weighted by Crippen LogP contribution is -2.39. The maximum atomic E-state index is 12.3. The molecule has 140 valence electrons. The van der Waals surface area contributed by atoms with E-state index in [2.05, 4.69) is 26.1 Å². The Morgan fingerprint density at radius 2 is 2.15 bits per heavy atom. The summed E-state index contributed by atoms with van der Waals surface area (Å²) < 4.78 is 7.60. The highest BCUT2D eigenvalue weighted by atomic mass is 32.1. The van der Waals surface area contributed by atoms with Gasteiger partial charge >= 0.3 is 0 Å². The van der Waals surface area contributed by atoms with E-state index in [1.165, 1.54) is 5.69 Å². The van der Waals surface area contributed by atoms with Crippen molar-refractivity contribution < 1.29 is 9.53 Å². The quantitative estimate of drug-likeness (QED) is 0.872. The van der Waals surface area contributed by atoms with Gasteiger partial charge in [0.2, 0.25) is 0 Å². The van der Waals surface area contributed by atoms with Crippen LogP contribution in [-0.2, 0) is 17.8 Å². The molecule has 26 heavy (non-hydrogen) atoms. The molecular weight excluding hydrogens is 348 g/mol. The normalized spacial score (nSPS) is 21.9. The maximum absolute atomic E-state index is 12.3. The molecule has 0 unspecified atom stereocenters. The Morgan fingerprint density at radius 1 is 1.27 bits per heavy atom. The first-order chi connectivity index (χ1) is 12.8. The van der Waals surface area contributed by atoms with Gasteiger partial charge < -0.3 is 10.1 Å². The van der Waals surface area contributed by atoms with Crippen molar-refractivity contribution in [1.29, 1.82) is 0 Å². The van der Waals surface area contributed by atoms with Gasteiger partial charge in [-0.15, -0.1) is 0 Å². The number of aromatic nitrogens is 2. The van der Waals surface area contributed by atoms with Crippen molar-refractivity contribution >= 4 is 17.2 Å². The fourth-order valence-corrected chi connectivity index (χ4v) is 4.55. The number of carbonyl (C=O) groups is 1. The molecule has 4 rings (SSSR count). The molecule has 2 aliphatic rings. The van der Waals surface area contributed by atoms with E-state index in [0.29, 0.717) is 18.4 Å². The van der Waals surface area contributed by atoms with Gasteiger partial charge in [-0.3, -0.25) is 14.4 Å². The average molecular weight is 375 g/mol. The number of rotatable bonds is 5. The van der Waals surface area contributed by atoms with Crippen molar-refractivity contribution in [3.63, 3.8) is 0 Å². The molecule has 6 nitrogen and oxygen atoms in total. The van der Waals surface area contributed by atoms with E-state index in [0.717, 1.165) is 57.8 Å². The van der Waals surface area contributed by atoms with Crippen LogP contribution in [0.2, 0.25) is 0 Å². The van der Waals surface area contributed by atoms with Crippen LogP contribution in [0.4, 0.5) is 0 Å². The van der Waals surface area contributed by atoms with Crippen LogP contribution in [0.15, 0.2) is 29.1 Å². The fraction of sp³-hybridized carbons (Fsp3) is 0.579. The van der Waals surface area contributed by atoms with E-state index in [4.69, 9.17) is 4.74 Å². The Hall–Kier alpha value is -1.70. The van der Waals surface area contributed by atoms with Gasteiger partial charge in [-0.1, -0.05) is 0 Å². The second-order valence-corrected chi connectivity index (χ2v) is 8.12. The standard InChI is InChI=1S/C19H26N4O2S/c24-19(17-4-8-26-14-17)20-9-16-11-22(10-15-2-6-25-7-3-15)13-18-1-5-21-23(18)12-16/h1,4-5,8,14-16H,2-3,6-7,9-13H2,(H,20,24)/t16-/m1/s1. The van der Waals surface area contributed by atoms with Crippen LogP contribution in [0.25, 0.3) is 0 Å². The molecule has 0 aliphatic carbocycles. The molecule has 0 saturated carbocycles. The Balaban J connectivity index is 1.39. The number of hydrogen-bond acceptors (Lipinski definition) is 5. The minimum Gasteiger partial charge on any atom is -0.381 e. The molecule has 1 amide bonds. The zero-order chi connectivity index (χ0) is 17.8. The number of ether oxygens (including phenoxy) is 1. The molecule has 2 aromatic heterocycles. The first-order valence-corrected chi connectivity index (χ1v) is 10.3. The Kier molecular flexibility index (Phi) is 5.67. The van der Waals surface area contributed by atoms with Gasteiger partial charge in [0.05, 0.1) is 5.69 Å². The summed E-state index contributed by atoms with van der Waals surface area (Å²) in [5, 5.41) is 11.4. The van der Waals surface area contributed by atoms with Crippen LogP contribution in [0.1, 0.15) is 28.9 Å². The summed E-state index contributed by atoms with van der Waals surface area (Å²) in [7, 11) is 0. The van der Waals surface area contributed by atoms with Gasteiger partial charge in [0.1, 0.15) is 0 Å². The first-order valence-electron chi connectivity index (χ1n) is 9.39. The summed E-state index contributed by atoms with van der Waals surface area (Å²) in [6.07, 6.45) is 4.18. The molecule has 2 aromatic rings. The predicted octanol–water partition coefficient (Wildman–Crippen LogP) is 2.23. The lowest BCUT2D eigenvalue weighted by molar-refractivity contribution is 0.0494. The summed E-state index contributed by atoms with van der Waals surface area (Å²) >= 11 is 1.55. The molecule has 4 heterocycles. The van der Waals surface area contributed by atoms with Crippen molar-refractivity contribution in [2.45, 2.75) is 25.9 Å². The van der Waals surface area contributed by atoms with Crippen LogP contribution in [0, 0.1) is 11.8 Å². The van der Waals surface area contributed by atoms with Crippen molar-refractivity contribution in [3.8, 4) is 0 Å². The minimum absolute atomic E-state index is 0.0205. The number of amides is 1. The highest BCUT2D eigenvalue weighted by molar-refractivity contribution is 7.08. The molecule has 1 N–H and O–H groups in total. The van der Waals surface area contributed by atoms with Gasteiger partial charge in [-0.25, -0.2) is 0 Å². The molecule has 0 spiro atoms. The second kappa shape index (κ2) is 8.33. The first kappa shape index (κ1) is 17.7. The molecule has 0 radical (unpaired) electrons. The van der Waals surface area contributed by atoms with E-state index < -0.39 is 0 Å². The fourth-order valence-electron chi connectivity index (χ4n) is 3.91. The van der Waals surface area contributed by atoms with Crippen molar-refractivity contribution in [3.05, 3.63) is 40.3 Å². The summed E-state index contributed by atoms with van der Waals surface area (Å²) in [6.45, 7) is 6.34. The van der Waals surface area contributed by atoms with Crippen molar-refractivity contribution in [1.82, 2.24) is 20.0 Å². The number of carbonyl (C=O) groups excluding carboxylic acids is 1. The number of thiophene rings is 1. The predicted molar refractivity (Wildman–Crippen MR) is 101 cm³/mol. The summed E-state index contributed by atoms with van der Waals surface area (Å²) in [5.41, 5.74) is 2.02. The van der Waals surface area contributed by atoms with Crippen LogP contribution in [0.5, 0.6) is 0 Å². The largest absolute Gasteiger partial charge is 0.381 e. The zero-order valence-corrected chi connectivity index (χ0v) is 15.8. The summed E-state index contributed by atoms with van der Waals surface area (Å²) in [4.78, 5) is 14.8. The van der Waals surface area contributed by atoms with E-state index in [9.17, 15) is 4.79 Å². The van der Waals surface area contributed by atoms with Gasteiger partial charge in [-0.05, 0) is 36.3 Å². The van der Waals surface area contributed by atoms with Gasteiger partial charge in [0.25, 0.3) is 5.91 Å². The molecule has 0 aromatic carbocycles. The molecule has 2 aliphatic heterocycles. The van der Waals surface area contributed by atoms with Crippen molar-refractivity contribution in [2.75, 3.05) is 32.8 Å². The van der Waals surface area contributed by atoms with E-state index in [1.807, 2.05) is 23.0 Å².